The first-order valence-electron chi connectivity index (χ1n) is 6.92. The first kappa shape index (κ1) is 14.4. The van der Waals surface area contributed by atoms with Crippen LogP contribution in [0.3, 0.4) is 0 Å². The lowest BCUT2D eigenvalue weighted by molar-refractivity contribution is 0.357. The molecule has 1 aliphatic carbocycles. The monoisotopic (exact) mass is 276 g/mol. The van der Waals surface area contributed by atoms with Crippen molar-refractivity contribution < 1.29 is 0 Å². The molecule has 108 valence electrons. The minimum absolute atomic E-state index is 0.00725. The highest BCUT2D eigenvalue weighted by atomic mass is 16.2. The summed E-state index contributed by atoms with van der Waals surface area (Å²) in [5.74, 6) is 0.968. The minimum Gasteiger partial charge on any atom is -0.367 e. The zero-order valence-corrected chi connectivity index (χ0v) is 12.1. The van der Waals surface area contributed by atoms with Crippen LogP contribution in [0.4, 0.5) is 5.82 Å². The number of hydrogen-bond acceptors (Lipinski definition) is 4. The summed E-state index contributed by atoms with van der Waals surface area (Å²) in [5.41, 5.74) is -0.949. The van der Waals surface area contributed by atoms with Crippen molar-refractivity contribution in [2.45, 2.75) is 38.6 Å². The standard InChI is InChI=1S/C14H20N4O2/c1-9-5-4-6-10(7-9)16-12-11(8-15)13(19)18(3)14(20)17(12)2/h9-10,16H,4-7H2,1-3H3/t9-,10-/m1/s1. The SMILES string of the molecule is C[C@@H]1CCC[C@@H](Nc2c(C#N)c(=O)n(C)c(=O)n2C)C1. The quantitative estimate of drug-likeness (QED) is 0.872. The van der Waals surface area contributed by atoms with Crippen LogP contribution in [0.25, 0.3) is 0 Å². The van der Waals surface area contributed by atoms with E-state index in [0.29, 0.717) is 11.7 Å². The number of rotatable bonds is 2. The third-order valence-electron chi connectivity index (χ3n) is 4.05. The Hall–Kier alpha value is -2.03. The number of nitrogens with zero attached hydrogens (tertiary/aromatic N) is 3. The molecule has 1 N–H and O–H groups in total. The fourth-order valence-electron chi connectivity index (χ4n) is 2.87. The van der Waals surface area contributed by atoms with Gasteiger partial charge in [0.1, 0.15) is 11.9 Å². The van der Waals surface area contributed by atoms with E-state index >= 15 is 0 Å². The first-order valence-corrected chi connectivity index (χ1v) is 6.92. The van der Waals surface area contributed by atoms with Crippen LogP contribution in [0.1, 0.15) is 38.2 Å². The van der Waals surface area contributed by atoms with E-state index in [1.807, 2.05) is 6.07 Å². The minimum atomic E-state index is -0.540. The van der Waals surface area contributed by atoms with Gasteiger partial charge in [-0.3, -0.25) is 13.9 Å². The zero-order valence-electron chi connectivity index (χ0n) is 12.1. The summed E-state index contributed by atoms with van der Waals surface area (Å²) < 4.78 is 2.31. The highest BCUT2D eigenvalue weighted by molar-refractivity contribution is 5.51. The van der Waals surface area contributed by atoms with Crippen LogP contribution in [0, 0.1) is 17.2 Å². The fraction of sp³-hybridized carbons (Fsp3) is 0.643. The van der Waals surface area contributed by atoms with Crippen LogP contribution < -0.4 is 16.6 Å². The summed E-state index contributed by atoms with van der Waals surface area (Å²) in [7, 11) is 2.97. The van der Waals surface area contributed by atoms with Crippen LogP contribution in [0.2, 0.25) is 0 Å². The second-order valence-corrected chi connectivity index (χ2v) is 5.65. The number of nitrogens with one attached hydrogen (secondary N) is 1. The Morgan fingerprint density at radius 2 is 1.95 bits per heavy atom. The van der Waals surface area contributed by atoms with E-state index in [2.05, 4.69) is 12.2 Å². The molecule has 2 rings (SSSR count). The summed E-state index contributed by atoms with van der Waals surface area (Å²) in [5, 5.41) is 12.4. The van der Waals surface area contributed by atoms with Gasteiger partial charge >= 0.3 is 5.69 Å². The van der Waals surface area contributed by atoms with Gasteiger partial charge in [-0.1, -0.05) is 19.8 Å². The predicted octanol–water partition coefficient (Wildman–Crippen LogP) is 0.946. The maximum atomic E-state index is 12.0. The third kappa shape index (κ3) is 2.48. The molecule has 0 radical (unpaired) electrons. The molecule has 6 nitrogen and oxygen atoms in total. The average Bonchev–Trinajstić information content (AvgIpc) is 2.43. The van der Waals surface area contributed by atoms with E-state index in [1.54, 1.807) is 7.05 Å². The van der Waals surface area contributed by atoms with Crippen molar-refractivity contribution in [1.82, 2.24) is 9.13 Å². The molecule has 1 saturated carbocycles. The molecule has 1 fully saturated rings. The summed E-state index contributed by atoms with van der Waals surface area (Å²) in [6.07, 6.45) is 4.32. The van der Waals surface area contributed by atoms with E-state index < -0.39 is 11.2 Å². The second kappa shape index (κ2) is 5.53. The van der Waals surface area contributed by atoms with Crippen LogP contribution in [0.15, 0.2) is 9.59 Å². The number of nitriles is 1. The smallest absolute Gasteiger partial charge is 0.332 e. The summed E-state index contributed by atoms with van der Waals surface area (Å²) in [4.78, 5) is 23.9. The number of aromatic nitrogens is 2. The van der Waals surface area contributed by atoms with Gasteiger partial charge in [0.25, 0.3) is 5.56 Å². The van der Waals surface area contributed by atoms with E-state index in [0.717, 1.165) is 23.8 Å². The lowest BCUT2D eigenvalue weighted by atomic mass is 9.87. The van der Waals surface area contributed by atoms with Crippen LogP contribution in [-0.2, 0) is 14.1 Å². The van der Waals surface area contributed by atoms with Crippen molar-refractivity contribution >= 4 is 5.82 Å². The molecule has 0 aliphatic heterocycles. The van der Waals surface area contributed by atoms with Gasteiger partial charge < -0.3 is 5.32 Å². The molecule has 6 heteroatoms. The van der Waals surface area contributed by atoms with Crippen molar-refractivity contribution in [2.24, 2.45) is 20.0 Å². The molecule has 0 saturated heterocycles. The van der Waals surface area contributed by atoms with Gasteiger partial charge in [-0.2, -0.15) is 5.26 Å². The number of hydrogen-bond donors (Lipinski definition) is 1. The Morgan fingerprint density at radius 3 is 2.55 bits per heavy atom. The van der Waals surface area contributed by atoms with Gasteiger partial charge in [0.15, 0.2) is 5.56 Å². The van der Waals surface area contributed by atoms with Crippen molar-refractivity contribution in [1.29, 1.82) is 5.26 Å². The van der Waals surface area contributed by atoms with Crippen molar-refractivity contribution in [3.05, 3.63) is 26.4 Å². The van der Waals surface area contributed by atoms with Crippen LogP contribution in [-0.4, -0.2) is 15.2 Å². The lowest BCUT2D eigenvalue weighted by Gasteiger charge is -2.29. The van der Waals surface area contributed by atoms with E-state index in [9.17, 15) is 14.9 Å². The first-order chi connectivity index (χ1) is 9.45. The molecule has 0 unspecified atom stereocenters. The third-order valence-corrected chi connectivity index (χ3v) is 4.05. The lowest BCUT2D eigenvalue weighted by Crippen LogP contribution is -2.41. The van der Waals surface area contributed by atoms with Gasteiger partial charge in [-0.05, 0) is 18.8 Å². The normalized spacial score (nSPS) is 22.3. The molecule has 1 aliphatic rings. The maximum absolute atomic E-state index is 12.0. The van der Waals surface area contributed by atoms with Crippen LogP contribution >= 0.6 is 0 Å². The van der Waals surface area contributed by atoms with E-state index in [4.69, 9.17) is 0 Å². The number of anilines is 1. The summed E-state index contributed by atoms with van der Waals surface area (Å²) in [6.45, 7) is 2.20. The average molecular weight is 276 g/mol. The van der Waals surface area contributed by atoms with Gasteiger partial charge in [0.2, 0.25) is 0 Å². The molecule has 1 aromatic heterocycles. The predicted molar refractivity (Wildman–Crippen MR) is 76.7 cm³/mol. The molecule has 20 heavy (non-hydrogen) atoms. The summed E-state index contributed by atoms with van der Waals surface area (Å²) >= 11 is 0. The van der Waals surface area contributed by atoms with Gasteiger partial charge in [0.05, 0.1) is 0 Å². The highest BCUT2D eigenvalue weighted by Crippen LogP contribution is 2.26. The van der Waals surface area contributed by atoms with Gasteiger partial charge in [-0.25, -0.2) is 4.79 Å². The molecule has 0 amide bonds. The molecule has 2 atom stereocenters. The fourth-order valence-corrected chi connectivity index (χ4v) is 2.87. The Labute approximate surface area is 117 Å². The summed E-state index contributed by atoms with van der Waals surface area (Å²) in [6, 6.07) is 2.13. The molecule has 1 heterocycles. The molecule has 0 spiro atoms. The largest absolute Gasteiger partial charge is 0.367 e. The van der Waals surface area contributed by atoms with Crippen molar-refractivity contribution in [3.63, 3.8) is 0 Å². The molecular formula is C14H20N4O2. The van der Waals surface area contributed by atoms with Crippen LogP contribution in [0.5, 0.6) is 0 Å². The highest BCUT2D eigenvalue weighted by Gasteiger charge is 2.22. The Balaban J connectivity index is 2.44. The Bertz CT molecular complexity index is 665. The Kier molecular flexibility index (Phi) is 3.98. The van der Waals surface area contributed by atoms with Gasteiger partial charge in [0, 0.05) is 20.1 Å². The van der Waals surface area contributed by atoms with E-state index in [1.165, 1.54) is 18.0 Å². The molecule has 1 aromatic rings. The van der Waals surface area contributed by atoms with Crippen molar-refractivity contribution in [3.8, 4) is 6.07 Å². The van der Waals surface area contributed by atoms with Gasteiger partial charge in [-0.15, -0.1) is 0 Å². The molecule has 0 aromatic carbocycles. The zero-order chi connectivity index (χ0) is 14.9. The van der Waals surface area contributed by atoms with E-state index in [-0.39, 0.29) is 11.6 Å². The Morgan fingerprint density at radius 1 is 1.25 bits per heavy atom. The second-order valence-electron chi connectivity index (χ2n) is 5.65. The topological polar surface area (TPSA) is 79.8 Å². The van der Waals surface area contributed by atoms with Crippen molar-refractivity contribution in [2.75, 3.05) is 5.32 Å². The molecule has 0 bridgehead atoms. The molecular weight excluding hydrogens is 256 g/mol. The maximum Gasteiger partial charge on any atom is 0.332 e.